The molecule has 1 aliphatic heterocycles. The molecular weight excluding hydrogens is 548 g/mol. The van der Waals surface area contributed by atoms with E-state index >= 15 is 0 Å². The van der Waals surface area contributed by atoms with Gasteiger partial charge in [0, 0.05) is 36.4 Å². The van der Waals surface area contributed by atoms with Crippen LogP contribution in [0.5, 0.6) is 23.0 Å². The highest BCUT2D eigenvalue weighted by molar-refractivity contribution is 6.00. The van der Waals surface area contributed by atoms with Gasteiger partial charge in [-0.15, -0.1) is 0 Å². The van der Waals surface area contributed by atoms with Gasteiger partial charge in [0.2, 0.25) is 0 Å². The molecule has 0 bridgehead atoms. The summed E-state index contributed by atoms with van der Waals surface area (Å²) in [5.41, 5.74) is 2.12. The molecule has 11 nitrogen and oxygen atoms in total. The Bertz CT molecular complexity index is 1570. The number of urea groups is 1. The Balaban J connectivity index is 1.20. The highest BCUT2D eigenvalue weighted by atomic mass is 16.5. The Kier molecular flexibility index (Phi) is 9.86. The number of nitrogens with one attached hydrogen (secondary N) is 1. The van der Waals surface area contributed by atoms with Crippen LogP contribution in [0.25, 0.3) is 10.9 Å². The standard InChI is InChI=1S/C32H34N6O5/c1-40-26-8-4-24(5-9-26)36-32(39)38(34)25-6-10-27(11-7-25)43-30-12-13-35-29-21-31(23(22-33)20-28(29)30)42-17-3-2-14-37-15-18-41-19-16-37/h4-13,20-21H,2-3,14-19,34H2,1H3,(H,36,39). The lowest BCUT2D eigenvalue weighted by Crippen LogP contribution is -2.40. The fraction of sp³-hybridized carbons (Fsp3) is 0.281. The summed E-state index contributed by atoms with van der Waals surface area (Å²) in [6.45, 7) is 5.05. The zero-order valence-corrected chi connectivity index (χ0v) is 24.0. The van der Waals surface area contributed by atoms with Crippen molar-refractivity contribution in [2.45, 2.75) is 12.8 Å². The van der Waals surface area contributed by atoms with Gasteiger partial charge in [0.15, 0.2) is 0 Å². The van der Waals surface area contributed by atoms with Crippen molar-refractivity contribution in [3.05, 3.63) is 78.5 Å². The second-order valence-corrected chi connectivity index (χ2v) is 9.92. The lowest BCUT2D eigenvalue weighted by atomic mass is 10.1. The minimum atomic E-state index is -0.502. The van der Waals surface area contributed by atoms with Crippen molar-refractivity contribution in [3.8, 4) is 29.1 Å². The quantitative estimate of drug-likeness (QED) is 0.104. The van der Waals surface area contributed by atoms with Gasteiger partial charge in [0.25, 0.3) is 0 Å². The number of morpholine rings is 1. The maximum Gasteiger partial charge on any atom is 0.340 e. The number of carbonyl (C=O) groups excluding carboxylic acids is 1. The number of rotatable bonds is 11. The second kappa shape index (κ2) is 14.3. The number of aromatic nitrogens is 1. The predicted molar refractivity (Wildman–Crippen MR) is 164 cm³/mol. The van der Waals surface area contributed by atoms with Gasteiger partial charge in [-0.1, -0.05) is 0 Å². The first-order valence-corrected chi connectivity index (χ1v) is 14.1. The van der Waals surface area contributed by atoms with E-state index in [4.69, 9.17) is 24.8 Å². The number of ether oxygens (including phenoxy) is 4. The average Bonchev–Trinajstić information content (AvgIpc) is 3.05. The van der Waals surface area contributed by atoms with Crippen LogP contribution in [-0.2, 0) is 4.74 Å². The van der Waals surface area contributed by atoms with Crippen LogP contribution in [0.2, 0.25) is 0 Å². The smallest absolute Gasteiger partial charge is 0.340 e. The van der Waals surface area contributed by atoms with Gasteiger partial charge in [0.05, 0.1) is 43.7 Å². The first-order valence-electron chi connectivity index (χ1n) is 14.1. The van der Waals surface area contributed by atoms with Crippen LogP contribution in [-0.4, -0.2) is 62.5 Å². The molecule has 43 heavy (non-hydrogen) atoms. The molecule has 1 fully saturated rings. The SMILES string of the molecule is COc1ccc(NC(=O)N(N)c2ccc(Oc3ccnc4cc(OCCCCN5CCOCC5)c(C#N)cc34)cc2)cc1. The molecule has 1 aromatic heterocycles. The summed E-state index contributed by atoms with van der Waals surface area (Å²) in [4.78, 5) is 19.5. The number of methoxy groups -OCH3 is 1. The summed E-state index contributed by atoms with van der Waals surface area (Å²) < 4.78 is 22.7. The Morgan fingerprint density at radius 2 is 1.79 bits per heavy atom. The van der Waals surface area contributed by atoms with Gasteiger partial charge in [-0.25, -0.2) is 15.6 Å². The Labute approximate surface area is 250 Å². The van der Waals surface area contributed by atoms with Gasteiger partial charge in [-0.2, -0.15) is 5.26 Å². The Morgan fingerprint density at radius 3 is 2.51 bits per heavy atom. The average molecular weight is 583 g/mol. The molecule has 2 heterocycles. The van der Waals surface area contributed by atoms with Crippen LogP contribution in [0, 0.1) is 11.3 Å². The lowest BCUT2D eigenvalue weighted by molar-refractivity contribution is 0.0368. The fourth-order valence-electron chi connectivity index (χ4n) is 4.67. The van der Waals surface area contributed by atoms with Crippen molar-refractivity contribution in [2.24, 2.45) is 5.84 Å². The monoisotopic (exact) mass is 582 g/mol. The van der Waals surface area contributed by atoms with Gasteiger partial charge in [-0.05, 0) is 80.1 Å². The van der Waals surface area contributed by atoms with E-state index in [1.54, 1.807) is 80.0 Å². The topological polar surface area (TPSA) is 135 Å². The van der Waals surface area contributed by atoms with Crippen LogP contribution < -0.4 is 30.4 Å². The van der Waals surface area contributed by atoms with Crippen molar-refractivity contribution in [1.82, 2.24) is 9.88 Å². The number of benzene rings is 3. The molecule has 0 aliphatic carbocycles. The van der Waals surface area contributed by atoms with E-state index in [9.17, 15) is 10.1 Å². The maximum absolute atomic E-state index is 12.6. The van der Waals surface area contributed by atoms with E-state index in [1.807, 2.05) is 0 Å². The molecule has 0 radical (unpaired) electrons. The van der Waals surface area contributed by atoms with Crippen LogP contribution >= 0.6 is 0 Å². The number of hydrogen-bond donors (Lipinski definition) is 2. The van der Waals surface area contributed by atoms with Gasteiger partial charge in [0.1, 0.15) is 29.1 Å². The third kappa shape index (κ3) is 7.69. The zero-order chi connectivity index (χ0) is 30.0. The zero-order valence-electron chi connectivity index (χ0n) is 24.0. The summed E-state index contributed by atoms with van der Waals surface area (Å²) in [7, 11) is 1.57. The number of unbranched alkanes of at least 4 members (excludes halogenated alkanes) is 1. The second-order valence-electron chi connectivity index (χ2n) is 9.92. The number of carbonyl (C=O) groups is 1. The molecule has 0 unspecified atom stereocenters. The molecule has 1 aliphatic rings. The number of anilines is 2. The van der Waals surface area contributed by atoms with Crippen molar-refractivity contribution >= 4 is 28.3 Å². The van der Waals surface area contributed by atoms with Crippen LogP contribution in [0.3, 0.4) is 0 Å². The maximum atomic E-state index is 12.6. The fourth-order valence-corrected chi connectivity index (χ4v) is 4.67. The Morgan fingerprint density at radius 1 is 1.05 bits per heavy atom. The number of nitrogens with zero attached hydrogens (tertiary/aromatic N) is 4. The summed E-state index contributed by atoms with van der Waals surface area (Å²) >= 11 is 0. The third-order valence-electron chi connectivity index (χ3n) is 7.06. The van der Waals surface area contributed by atoms with Gasteiger partial charge >= 0.3 is 6.03 Å². The van der Waals surface area contributed by atoms with Crippen molar-refractivity contribution in [1.29, 1.82) is 5.26 Å². The number of amides is 2. The van der Waals surface area contributed by atoms with Crippen LogP contribution in [0.1, 0.15) is 18.4 Å². The highest BCUT2D eigenvalue weighted by Gasteiger charge is 2.15. The summed E-state index contributed by atoms with van der Waals surface area (Å²) in [6.07, 6.45) is 3.55. The third-order valence-corrected chi connectivity index (χ3v) is 7.06. The summed E-state index contributed by atoms with van der Waals surface area (Å²) in [5, 5.41) is 14.2. The molecule has 0 spiro atoms. The number of hydrazine groups is 1. The van der Waals surface area contributed by atoms with E-state index in [0.717, 1.165) is 50.7 Å². The van der Waals surface area contributed by atoms with E-state index < -0.39 is 6.03 Å². The molecule has 0 atom stereocenters. The van der Waals surface area contributed by atoms with Crippen LogP contribution in [0.4, 0.5) is 16.2 Å². The largest absolute Gasteiger partial charge is 0.497 e. The number of nitriles is 1. The molecule has 2 amide bonds. The molecule has 3 N–H and O–H groups in total. The normalized spacial score (nSPS) is 13.2. The molecule has 1 saturated heterocycles. The lowest BCUT2D eigenvalue weighted by Gasteiger charge is -2.26. The molecule has 11 heteroatoms. The highest BCUT2D eigenvalue weighted by Crippen LogP contribution is 2.33. The van der Waals surface area contributed by atoms with E-state index in [1.165, 1.54) is 0 Å². The first kappa shape index (κ1) is 29.6. The van der Waals surface area contributed by atoms with E-state index in [2.05, 4.69) is 21.3 Å². The molecule has 0 saturated carbocycles. The van der Waals surface area contributed by atoms with Gasteiger partial charge in [-0.3, -0.25) is 9.88 Å². The molecular formula is C32H34N6O5. The number of fused-ring (bicyclic) bond motifs is 1. The summed E-state index contributed by atoms with van der Waals surface area (Å²) in [5.74, 6) is 8.30. The van der Waals surface area contributed by atoms with E-state index in [-0.39, 0.29) is 0 Å². The van der Waals surface area contributed by atoms with Crippen molar-refractivity contribution in [2.75, 3.05) is 56.9 Å². The summed E-state index contributed by atoms with van der Waals surface area (Å²) in [6, 6.07) is 20.7. The van der Waals surface area contributed by atoms with E-state index in [0.29, 0.717) is 57.4 Å². The van der Waals surface area contributed by atoms with Crippen LogP contribution in [0.15, 0.2) is 72.9 Å². The molecule has 4 aromatic rings. The minimum Gasteiger partial charge on any atom is -0.497 e. The number of hydrogen-bond acceptors (Lipinski definition) is 9. The minimum absolute atomic E-state index is 0.413. The Hall–Kier alpha value is -4.89. The molecule has 3 aromatic carbocycles. The number of pyridine rings is 1. The van der Waals surface area contributed by atoms with Crippen molar-refractivity contribution in [3.63, 3.8) is 0 Å². The number of nitrogens with two attached hydrogens (primary N) is 1. The molecule has 5 rings (SSSR count). The van der Waals surface area contributed by atoms with Crippen molar-refractivity contribution < 1.29 is 23.7 Å². The first-order chi connectivity index (χ1) is 21.0. The van der Waals surface area contributed by atoms with Gasteiger partial charge < -0.3 is 24.3 Å². The molecule has 222 valence electrons. The predicted octanol–water partition coefficient (Wildman–Crippen LogP) is 5.31.